The van der Waals surface area contributed by atoms with Crippen LogP contribution in [0.2, 0.25) is 5.02 Å². The molecule has 0 bridgehead atoms. The first-order chi connectivity index (χ1) is 14.6. The zero-order valence-corrected chi connectivity index (χ0v) is 17.6. The van der Waals surface area contributed by atoms with Crippen LogP contribution in [0.4, 0.5) is 0 Å². The fraction of sp³-hybridized carbons (Fsp3) is 0.0909. The van der Waals surface area contributed by atoms with Crippen molar-refractivity contribution in [3.8, 4) is 22.8 Å². The van der Waals surface area contributed by atoms with Gasteiger partial charge in [-0.05, 0) is 55.0 Å². The average molecular weight is 437 g/mol. The van der Waals surface area contributed by atoms with E-state index in [-0.39, 0.29) is 11.7 Å². The van der Waals surface area contributed by atoms with E-state index in [0.29, 0.717) is 21.8 Å². The van der Waals surface area contributed by atoms with Crippen molar-refractivity contribution in [1.29, 1.82) is 0 Å². The molecule has 2 heterocycles. The number of pyridine rings is 1. The Bertz CT molecular complexity index is 1170. The molecular weight excluding hydrogens is 420 g/mol. The third-order valence-electron chi connectivity index (χ3n) is 4.25. The predicted molar refractivity (Wildman–Crippen MR) is 117 cm³/mol. The van der Waals surface area contributed by atoms with Gasteiger partial charge >= 0.3 is 5.97 Å². The Labute approximate surface area is 182 Å². The highest BCUT2D eigenvalue weighted by molar-refractivity contribution is 7.99. The third kappa shape index (κ3) is 4.53. The van der Waals surface area contributed by atoms with E-state index in [0.717, 1.165) is 16.8 Å². The second kappa shape index (κ2) is 9.11. The maximum Gasteiger partial charge on any atom is 0.321 e. The van der Waals surface area contributed by atoms with Crippen molar-refractivity contribution in [3.05, 3.63) is 83.6 Å². The highest BCUT2D eigenvalue weighted by atomic mass is 35.5. The molecule has 0 fully saturated rings. The summed E-state index contributed by atoms with van der Waals surface area (Å²) in [6, 6.07) is 18.6. The van der Waals surface area contributed by atoms with Gasteiger partial charge in [-0.25, -0.2) is 0 Å². The number of thioether (sulfide) groups is 1. The van der Waals surface area contributed by atoms with Gasteiger partial charge in [0.15, 0.2) is 11.0 Å². The summed E-state index contributed by atoms with van der Waals surface area (Å²) in [6.45, 7) is 1.84. The van der Waals surface area contributed by atoms with Gasteiger partial charge in [0.1, 0.15) is 5.75 Å². The number of hydrogen-bond acceptors (Lipinski definition) is 6. The van der Waals surface area contributed by atoms with Crippen LogP contribution in [0.5, 0.6) is 5.75 Å². The van der Waals surface area contributed by atoms with Crippen molar-refractivity contribution in [2.45, 2.75) is 12.1 Å². The normalized spacial score (nSPS) is 10.7. The summed E-state index contributed by atoms with van der Waals surface area (Å²) in [4.78, 5) is 16.6. The zero-order valence-electron chi connectivity index (χ0n) is 16.0. The monoisotopic (exact) mass is 436 g/mol. The molecule has 0 aliphatic rings. The maximum atomic E-state index is 12.4. The molecule has 0 N–H and O–H groups in total. The molecule has 2 aromatic heterocycles. The number of para-hydroxylation sites is 1. The van der Waals surface area contributed by atoms with Gasteiger partial charge in [-0.3, -0.25) is 14.3 Å². The van der Waals surface area contributed by atoms with Crippen molar-refractivity contribution in [2.24, 2.45) is 0 Å². The van der Waals surface area contributed by atoms with Crippen LogP contribution in [0.15, 0.2) is 78.2 Å². The summed E-state index contributed by atoms with van der Waals surface area (Å²) in [5.41, 5.74) is 2.53. The highest BCUT2D eigenvalue weighted by Gasteiger charge is 2.18. The Hall–Kier alpha value is -3.16. The number of carbonyl (C=O) groups excluding carboxylic acids is 1. The summed E-state index contributed by atoms with van der Waals surface area (Å²) < 4.78 is 7.38. The molecule has 0 atom stereocenters. The van der Waals surface area contributed by atoms with Crippen molar-refractivity contribution in [3.63, 3.8) is 0 Å². The van der Waals surface area contributed by atoms with Crippen molar-refractivity contribution < 1.29 is 9.53 Å². The smallest absolute Gasteiger partial charge is 0.321 e. The molecule has 4 rings (SSSR count). The minimum atomic E-state index is -0.379. The number of ether oxygens (including phenoxy) is 1. The van der Waals surface area contributed by atoms with Crippen LogP contribution >= 0.6 is 23.4 Å². The summed E-state index contributed by atoms with van der Waals surface area (Å²) >= 11 is 7.22. The number of hydrogen-bond donors (Lipinski definition) is 0. The van der Waals surface area contributed by atoms with Gasteiger partial charge in [-0.2, -0.15) is 0 Å². The number of rotatable bonds is 6. The molecule has 30 heavy (non-hydrogen) atoms. The molecule has 150 valence electrons. The number of halogens is 1. The van der Waals surface area contributed by atoms with Crippen molar-refractivity contribution in [1.82, 2.24) is 19.7 Å². The Balaban J connectivity index is 1.57. The standard InChI is InChI=1S/C22H17ClN4O2S/c1-15-12-17(23)9-10-19(15)29-20(28)14-30-22-26-25-21(16-6-5-11-24-13-16)27(22)18-7-3-2-4-8-18/h2-13H,14H2,1H3. The Morgan fingerprint density at radius 1 is 1.10 bits per heavy atom. The maximum absolute atomic E-state index is 12.4. The quantitative estimate of drug-likeness (QED) is 0.241. The number of aryl methyl sites for hydroxylation is 1. The summed E-state index contributed by atoms with van der Waals surface area (Å²) in [7, 11) is 0. The third-order valence-corrected chi connectivity index (χ3v) is 5.38. The lowest BCUT2D eigenvalue weighted by molar-refractivity contribution is -0.131. The van der Waals surface area contributed by atoms with E-state index in [1.165, 1.54) is 11.8 Å². The van der Waals surface area contributed by atoms with Gasteiger partial charge in [-0.1, -0.05) is 41.6 Å². The molecule has 0 unspecified atom stereocenters. The first-order valence-corrected chi connectivity index (χ1v) is 10.5. The van der Waals surface area contributed by atoms with Crippen LogP contribution in [0.25, 0.3) is 17.1 Å². The second-order valence-corrected chi connectivity index (χ2v) is 7.77. The van der Waals surface area contributed by atoms with Gasteiger partial charge in [0.25, 0.3) is 0 Å². The van der Waals surface area contributed by atoms with E-state index < -0.39 is 0 Å². The van der Waals surface area contributed by atoms with Gasteiger partial charge in [-0.15, -0.1) is 10.2 Å². The largest absolute Gasteiger partial charge is 0.426 e. The Morgan fingerprint density at radius 3 is 2.67 bits per heavy atom. The van der Waals surface area contributed by atoms with E-state index in [4.69, 9.17) is 16.3 Å². The topological polar surface area (TPSA) is 69.9 Å². The second-order valence-electron chi connectivity index (χ2n) is 6.39. The van der Waals surface area contributed by atoms with Gasteiger partial charge in [0.05, 0.1) is 5.75 Å². The first kappa shape index (κ1) is 20.1. The number of aromatic nitrogens is 4. The summed E-state index contributed by atoms with van der Waals surface area (Å²) in [5.74, 6) is 0.848. The predicted octanol–water partition coefficient (Wildman–Crippen LogP) is 4.99. The van der Waals surface area contributed by atoms with E-state index in [1.807, 2.05) is 54.0 Å². The van der Waals surface area contributed by atoms with Crippen LogP contribution in [0, 0.1) is 6.92 Å². The molecule has 0 aliphatic heterocycles. The van der Waals surface area contributed by atoms with E-state index in [1.54, 1.807) is 30.6 Å². The van der Waals surface area contributed by atoms with Crippen molar-refractivity contribution >= 4 is 29.3 Å². The molecule has 0 saturated heterocycles. The molecule has 2 aromatic carbocycles. The van der Waals surface area contributed by atoms with Crippen LogP contribution in [-0.2, 0) is 4.79 Å². The zero-order chi connectivity index (χ0) is 20.9. The molecular formula is C22H17ClN4O2S. The van der Waals surface area contributed by atoms with E-state index in [9.17, 15) is 4.79 Å². The molecule has 0 aliphatic carbocycles. The molecule has 6 nitrogen and oxygen atoms in total. The lowest BCUT2D eigenvalue weighted by Crippen LogP contribution is -2.12. The van der Waals surface area contributed by atoms with Crippen LogP contribution in [0.1, 0.15) is 5.56 Å². The molecule has 0 spiro atoms. The number of carbonyl (C=O) groups is 1. The summed E-state index contributed by atoms with van der Waals surface area (Å²) in [5, 5.41) is 9.82. The molecule has 8 heteroatoms. The molecule has 4 aromatic rings. The fourth-order valence-corrected chi connectivity index (χ4v) is 3.81. The van der Waals surface area contributed by atoms with Crippen molar-refractivity contribution in [2.75, 3.05) is 5.75 Å². The van der Waals surface area contributed by atoms with Crippen LogP contribution in [0.3, 0.4) is 0 Å². The summed E-state index contributed by atoms with van der Waals surface area (Å²) in [6.07, 6.45) is 3.44. The van der Waals surface area contributed by atoms with E-state index in [2.05, 4.69) is 15.2 Å². The SMILES string of the molecule is Cc1cc(Cl)ccc1OC(=O)CSc1nnc(-c2cccnc2)n1-c1ccccc1. The minimum Gasteiger partial charge on any atom is -0.426 e. The fourth-order valence-electron chi connectivity index (χ4n) is 2.86. The van der Waals surface area contributed by atoms with E-state index >= 15 is 0 Å². The van der Waals surface area contributed by atoms with Gasteiger partial charge in [0.2, 0.25) is 0 Å². The molecule has 0 amide bonds. The number of esters is 1. The van der Waals surface area contributed by atoms with Crippen LogP contribution in [-0.4, -0.2) is 31.5 Å². The van der Waals surface area contributed by atoms with Gasteiger partial charge < -0.3 is 4.74 Å². The number of nitrogens with zero attached hydrogens (tertiary/aromatic N) is 4. The molecule has 0 saturated carbocycles. The number of benzene rings is 2. The van der Waals surface area contributed by atoms with Crippen LogP contribution < -0.4 is 4.74 Å². The lowest BCUT2D eigenvalue weighted by atomic mass is 10.2. The van der Waals surface area contributed by atoms with Gasteiger partial charge in [0, 0.05) is 28.7 Å². The molecule has 0 radical (unpaired) electrons. The average Bonchev–Trinajstić information content (AvgIpc) is 3.19. The highest BCUT2D eigenvalue weighted by Crippen LogP contribution is 2.28. The first-order valence-electron chi connectivity index (χ1n) is 9.12. The minimum absolute atomic E-state index is 0.0834. The lowest BCUT2D eigenvalue weighted by Gasteiger charge is -2.10. The Morgan fingerprint density at radius 2 is 1.93 bits per heavy atom. The Kier molecular flexibility index (Phi) is 6.11.